The van der Waals surface area contributed by atoms with E-state index < -0.39 is 15.0 Å². The summed E-state index contributed by atoms with van der Waals surface area (Å²) in [6.45, 7) is 9.81. The number of fused-ring (bicyclic) bond motifs is 2. The lowest BCUT2D eigenvalue weighted by Gasteiger charge is -2.11. The van der Waals surface area contributed by atoms with Gasteiger partial charge >= 0.3 is 0 Å². The second-order valence-electron chi connectivity index (χ2n) is 6.78. The fraction of sp³-hybridized carbons (Fsp3) is 0.200. The third-order valence-corrected chi connectivity index (χ3v) is 6.38. The first-order valence-corrected chi connectivity index (χ1v) is 13.3. The second kappa shape index (κ2) is 13.3. The third kappa shape index (κ3) is 6.38. The summed E-state index contributed by atoms with van der Waals surface area (Å²) in [5.41, 5.74) is 0.616. The molecule has 0 radical (unpaired) electrons. The summed E-state index contributed by atoms with van der Waals surface area (Å²) in [5, 5.41) is 33.2. The summed E-state index contributed by atoms with van der Waals surface area (Å²) in [4.78, 5) is -0.160. The monoisotopic (exact) mass is 532 g/mol. The van der Waals surface area contributed by atoms with E-state index in [1.54, 1.807) is 42.5 Å². The molecular weight excluding hydrogens is 504 g/mol. The van der Waals surface area contributed by atoms with Crippen molar-refractivity contribution < 1.29 is 32.7 Å². The third-order valence-electron chi connectivity index (χ3n) is 4.81. The van der Waals surface area contributed by atoms with Crippen molar-refractivity contribution in [3.8, 4) is 5.75 Å². The van der Waals surface area contributed by atoms with Crippen molar-refractivity contribution in [2.45, 2.75) is 44.4 Å². The standard InChI is InChI=1S/C21H16N2O7S2.2C2H6/c1-12-5-4-7-14-11-17(31-30-29-25)19(20(24)18(12)14)23-22-16-10-9-13-6-2-3-8-15(13)21(16)32(26,27)28;2*1-2/h2-11,24-25H,1H3,(H,26,27,28);2*1-2H3. The summed E-state index contributed by atoms with van der Waals surface area (Å²) < 4.78 is 38.5. The van der Waals surface area contributed by atoms with E-state index in [4.69, 9.17) is 5.26 Å². The van der Waals surface area contributed by atoms with Gasteiger partial charge in [0.15, 0.2) is 5.75 Å². The molecule has 0 aliphatic rings. The Hall–Kier alpha value is -3.06. The van der Waals surface area contributed by atoms with Crippen LogP contribution in [0.1, 0.15) is 33.3 Å². The van der Waals surface area contributed by atoms with Crippen molar-refractivity contribution in [1.82, 2.24) is 0 Å². The van der Waals surface area contributed by atoms with Crippen LogP contribution in [0.3, 0.4) is 0 Å². The van der Waals surface area contributed by atoms with Crippen molar-refractivity contribution in [2.75, 3.05) is 0 Å². The number of aromatic hydroxyl groups is 1. The number of benzene rings is 4. The molecule has 0 aliphatic carbocycles. The summed E-state index contributed by atoms with van der Waals surface area (Å²) in [6, 6.07) is 16.7. The smallest absolute Gasteiger partial charge is 0.297 e. The van der Waals surface area contributed by atoms with Crippen molar-refractivity contribution in [2.24, 2.45) is 10.2 Å². The van der Waals surface area contributed by atoms with Gasteiger partial charge in [-0.2, -0.15) is 8.42 Å². The fourth-order valence-electron chi connectivity index (χ4n) is 3.48. The molecule has 0 bridgehead atoms. The van der Waals surface area contributed by atoms with E-state index >= 15 is 0 Å². The lowest BCUT2D eigenvalue weighted by Crippen LogP contribution is -1.99. The van der Waals surface area contributed by atoms with E-state index in [2.05, 4.69) is 19.6 Å². The average molecular weight is 533 g/mol. The fourth-order valence-corrected chi connectivity index (χ4v) is 4.81. The van der Waals surface area contributed by atoms with Gasteiger partial charge in [-0.05, 0) is 35.4 Å². The highest BCUT2D eigenvalue weighted by Gasteiger charge is 2.21. The van der Waals surface area contributed by atoms with Crippen molar-refractivity contribution in [3.63, 3.8) is 0 Å². The predicted molar refractivity (Wildman–Crippen MR) is 142 cm³/mol. The molecule has 0 aromatic heterocycles. The maximum absolute atomic E-state index is 12.1. The van der Waals surface area contributed by atoms with Crippen LogP contribution in [0.4, 0.5) is 11.4 Å². The van der Waals surface area contributed by atoms with E-state index in [1.165, 1.54) is 6.07 Å². The van der Waals surface area contributed by atoms with E-state index in [-0.39, 0.29) is 27.4 Å². The van der Waals surface area contributed by atoms with E-state index in [9.17, 15) is 18.1 Å². The van der Waals surface area contributed by atoms with E-state index in [0.717, 1.165) is 5.56 Å². The predicted octanol–water partition coefficient (Wildman–Crippen LogP) is 8.15. The van der Waals surface area contributed by atoms with Crippen LogP contribution in [0.5, 0.6) is 5.75 Å². The number of phenols is 1. The summed E-state index contributed by atoms with van der Waals surface area (Å²) in [5.74, 6) is -0.220. The number of aryl methyl sites for hydroxylation is 1. The normalized spacial score (nSPS) is 11.2. The number of azo groups is 1. The van der Waals surface area contributed by atoms with Gasteiger partial charge in [-0.25, -0.2) is 5.26 Å². The molecule has 0 aliphatic heterocycles. The van der Waals surface area contributed by atoms with Gasteiger partial charge in [0.05, 0.1) is 16.9 Å². The summed E-state index contributed by atoms with van der Waals surface area (Å²) in [7, 11) is -4.64. The van der Waals surface area contributed by atoms with Crippen LogP contribution < -0.4 is 0 Å². The zero-order chi connectivity index (χ0) is 26.9. The molecule has 0 amide bonds. The van der Waals surface area contributed by atoms with Crippen molar-refractivity contribution in [3.05, 3.63) is 66.2 Å². The minimum absolute atomic E-state index is 0.0386. The summed E-state index contributed by atoms with van der Waals surface area (Å²) in [6.07, 6.45) is 0. The molecule has 36 heavy (non-hydrogen) atoms. The molecule has 11 heteroatoms. The van der Waals surface area contributed by atoms with Crippen molar-refractivity contribution >= 4 is 55.1 Å². The lowest BCUT2D eigenvalue weighted by atomic mass is 10.0. The first-order chi connectivity index (χ1) is 17.3. The first kappa shape index (κ1) is 29.2. The highest BCUT2D eigenvalue weighted by molar-refractivity contribution is 7.94. The van der Waals surface area contributed by atoms with Gasteiger partial charge < -0.3 is 5.11 Å². The molecule has 0 saturated heterocycles. The Balaban J connectivity index is 0.00000109. The Morgan fingerprint density at radius 1 is 0.889 bits per heavy atom. The van der Waals surface area contributed by atoms with Crippen LogP contribution in [0, 0.1) is 6.92 Å². The Morgan fingerprint density at radius 2 is 1.56 bits per heavy atom. The van der Waals surface area contributed by atoms with Gasteiger partial charge in [0.2, 0.25) is 0 Å². The molecule has 4 aromatic carbocycles. The molecular formula is C25H28N2O7S2. The SMILES string of the molecule is CC.CC.Cc1cccc2cc(SOOO)c(N=Nc3ccc4ccccc4c3S(=O)(=O)O)c(O)c12. The number of hydrogen-bond donors (Lipinski definition) is 3. The van der Waals surface area contributed by atoms with Gasteiger partial charge in [0, 0.05) is 10.8 Å². The Morgan fingerprint density at radius 3 is 2.22 bits per heavy atom. The molecule has 0 atom stereocenters. The maximum atomic E-state index is 12.1. The second-order valence-corrected chi connectivity index (χ2v) is 8.88. The van der Waals surface area contributed by atoms with Crippen LogP contribution in [0.15, 0.2) is 80.7 Å². The Labute approximate surface area is 214 Å². The van der Waals surface area contributed by atoms with Crippen LogP contribution in [0.2, 0.25) is 0 Å². The molecule has 0 unspecified atom stereocenters. The van der Waals surface area contributed by atoms with Crippen LogP contribution in [-0.4, -0.2) is 23.3 Å². The van der Waals surface area contributed by atoms with Crippen molar-refractivity contribution in [1.29, 1.82) is 0 Å². The number of hydrogen-bond acceptors (Lipinski definition) is 9. The van der Waals surface area contributed by atoms with Gasteiger partial charge in [-0.15, -0.1) is 14.6 Å². The number of phenolic OH excluding ortho intramolecular Hbond substituents is 1. The van der Waals surface area contributed by atoms with Crippen LogP contribution in [0.25, 0.3) is 21.5 Å². The topological polar surface area (TPSA) is 138 Å². The van der Waals surface area contributed by atoms with E-state index in [0.29, 0.717) is 28.2 Å². The molecule has 0 spiro atoms. The maximum Gasteiger partial charge on any atom is 0.297 e. The molecule has 4 aromatic rings. The molecule has 192 valence electrons. The average Bonchev–Trinajstić information content (AvgIpc) is 2.88. The minimum Gasteiger partial charge on any atom is -0.505 e. The highest BCUT2D eigenvalue weighted by Crippen LogP contribution is 2.45. The Bertz CT molecular complexity index is 1470. The van der Waals surface area contributed by atoms with Gasteiger partial charge in [0.25, 0.3) is 10.1 Å². The molecule has 9 nitrogen and oxygen atoms in total. The molecule has 0 fully saturated rings. The van der Waals surface area contributed by atoms with Crippen LogP contribution >= 0.6 is 12.0 Å². The molecule has 0 heterocycles. The zero-order valence-electron chi connectivity index (χ0n) is 20.5. The number of nitrogens with zero attached hydrogens (tertiary/aromatic N) is 2. The van der Waals surface area contributed by atoms with Gasteiger partial charge in [0.1, 0.15) is 16.3 Å². The number of rotatable bonds is 6. The van der Waals surface area contributed by atoms with E-state index in [1.807, 2.05) is 46.8 Å². The first-order valence-electron chi connectivity index (χ1n) is 11.1. The molecule has 4 rings (SSSR count). The highest BCUT2D eigenvalue weighted by atomic mass is 32.2. The van der Waals surface area contributed by atoms with Gasteiger partial charge in [-0.3, -0.25) is 4.55 Å². The molecule has 3 N–H and O–H groups in total. The largest absolute Gasteiger partial charge is 0.505 e. The zero-order valence-corrected chi connectivity index (χ0v) is 22.1. The molecule has 0 saturated carbocycles. The van der Waals surface area contributed by atoms with Gasteiger partial charge in [-0.1, -0.05) is 81.3 Å². The summed E-state index contributed by atoms with van der Waals surface area (Å²) >= 11 is 0.576. The quantitative estimate of drug-likeness (QED) is 0.0743. The lowest BCUT2D eigenvalue weighted by molar-refractivity contribution is -0.432. The van der Waals surface area contributed by atoms with Crippen LogP contribution in [-0.2, 0) is 19.5 Å². The minimum atomic E-state index is -4.64. The Kier molecular flexibility index (Phi) is 10.8.